The van der Waals surface area contributed by atoms with Crippen molar-refractivity contribution in [2.45, 2.75) is 34.6 Å². The van der Waals surface area contributed by atoms with Gasteiger partial charge in [0.15, 0.2) is 0 Å². The van der Waals surface area contributed by atoms with E-state index < -0.39 is 17.0 Å². The molecule has 0 aliphatic carbocycles. The summed E-state index contributed by atoms with van der Waals surface area (Å²) >= 11 is -0.556. The molecular weight excluding hydrogens is 399 g/mol. The molecule has 0 aliphatic rings. The summed E-state index contributed by atoms with van der Waals surface area (Å²) < 4.78 is 0. The first-order valence-corrected chi connectivity index (χ1v) is 12.6. The molecule has 4 heteroatoms. The molecule has 0 atom stereocenters. The fourth-order valence-electron chi connectivity index (χ4n) is 2.74. The Morgan fingerprint density at radius 3 is 1.58 bits per heavy atom. The van der Waals surface area contributed by atoms with E-state index in [-0.39, 0.29) is 0 Å². The first kappa shape index (κ1) is 22.9. The molecule has 0 saturated carbocycles. The summed E-state index contributed by atoms with van der Waals surface area (Å²) in [5, 5.41) is 9.56. The standard InChI is InChI=1S/C12H10O.C10H15.2ClH.Ti/c13-12-9-5-4-8-11(12)10-6-2-1-3-7-10;1-6-7(2)9(4)10(5)8(6)3;;;/h1-9,13H;1-5H3;2*1H;/q;-1;;;+2/p-2. The Bertz CT molecular complexity index is 730. The van der Waals surface area contributed by atoms with Crippen LogP contribution < -0.4 is 0 Å². The second-order valence-electron chi connectivity index (χ2n) is 6.08. The van der Waals surface area contributed by atoms with E-state index in [1.54, 1.807) is 6.07 Å². The predicted octanol–water partition coefficient (Wildman–Crippen LogP) is 7.38. The van der Waals surface area contributed by atoms with Crippen LogP contribution in [0.5, 0.6) is 5.75 Å². The molecule has 0 saturated heterocycles. The normalized spacial score (nSPS) is 9.50. The van der Waals surface area contributed by atoms with Crippen molar-refractivity contribution in [1.82, 2.24) is 0 Å². The summed E-state index contributed by atoms with van der Waals surface area (Å²) in [5.74, 6) is 0.328. The van der Waals surface area contributed by atoms with Crippen molar-refractivity contribution in [3.63, 3.8) is 0 Å². The average molecular weight is 424 g/mol. The van der Waals surface area contributed by atoms with Gasteiger partial charge in [0.25, 0.3) is 0 Å². The maximum atomic E-state index is 9.56. The van der Waals surface area contributed by atoms with E-state index in [9.17, 15) is 5.11 Å². The summed E-state index contributed by atoms with van der Waals surface area (Å²) in [5.41, 5.74) is 9.26. The predicted molar refractivity (Wildman–Crippen MR) is 111 cm³/mol. The Morgan fingerprint density at radius 1 is 0.769 bits per heavy atom. The Morgan fingerprint density at radius 2 is 1.19 bits per heavy atom. The quantitative estimate of drug-likeness (QED) is 0.319. The summed E-state index contributed by atoms with van der Waals surface area (Å²) in [6.45, 7) is 11.0. The van der Waals surface area contributed by atoms with Gasteiger partial charge in [0.1, 0.15) is 5.75 Å². The molecule has 3 rings (SSSR count). The molecular formula is C22H25Cl2OTi-. The van der Waals surface area contributed by atoms with Crippen molar-refractivity contribution in [2.24, 2.45) is 0 Å². The van der Waals surface area contributed by atoms with Gasteiger partial charge >= 0.3 is 35.6 Å². The SMILES string of the molecule is Cc1c(C)c(C)[c-](C)c1C.Oc1ccccc1-c1ccccc1.[Cl][Ti][Cl]. The van der Waals surface area contributed by atoms with E-state index in [0.717, 1.165) is 11.1 Å². The van der Waals surface area contributed by atoms with Gasteiger partial charge in [0.2, 0.25) is 0 Å². The summed E-state index contributed by atoms with van der Waals surface area (Å²) in [6, 6.07) is 17.2. The molecule has 26 heavy (non-hydrogen) atoms. The third kappa shape index (κ3) is 6.25. The molecule has 0 bridgehead atoms. The minimum atomic E-state index is -0.556. The number of hydrogen-bond acceptors (Lipinski definition) is 1. The molecule has 1 nitrogen and oxygen atoms in total. The van der Waals surface area contributed by atoms with E-state index in [2.05, 4.69) is 34.6 Å². The van der Waals surface area contributed by atoms with Gasteiger partial charge in [-0.3, -0.25) is 0 Å². The Balaban J connectivity index is 0.000000233. The van der Waals surface area contributed by atoms with Crippen LogP contribution in [-0.4, -0.2) is 5.11 Å². The molecule has 138 valence electrons. The summed E-state index contributed by atoms with van der Waals surface area (Å²) in [4.78, 5) is 0. The molecule has 0 amide bonds. The zero-order chi connectivity index (χ0) is 19.7. The number of para-hydroxylation sites is 1. The summed E-state index contributed by atoms with van der Waals surface area (Å²) in [6.07, 6.45) is 0. The van der Waals surface area contributed by atoms with Gasteiger partial charge in [-0.25, -0.2) is 0 Å². The number of phenolic OH excluding ortho intramolecular Hbond substituents is 1. The molecule has 0 aliphatic heterocycles. The number of hydrogen-bond donors (Lipinski definition) is 1. The summed E-state index contributed by atoms with van der Waals surface area (Å²) in [7, 11) is 9.78. The van der Waals surface area contributed by atoms with Gasteiger partial charge in [0.05, 0.1) is 0 Å². The Labute approximate surface area is 174 Å². The van der Waals surface area contributed by atoms with E-state index in [0.29, 0.717) is 5.75 Å². The van der Waals surface area contributed by atoms with Gasteiger partial charge in [-0.2, -0.15) is 27.8 Å². The number of halogens is 2. The maximum absolute atomic E-state index is 9.56. The Kier molecular flexibility index (Phi) is 10.2. The molecule has 1 N–H and O–H groups in total. The van der Waals surface area contributed by atoms with E-state index in [1.807, 2.05) is 48.5 Å². The van der Waals surface area contributed by atoms with E-state index in [1.165, 1.54) is 27.8 Å². The van der Waals surface area contributed by atoms with Gasteiger partial charge < -0.3 is 5.11 Å². The second kappa shape index (κ2) is 11.6. The first-order chi connectivity index (χ1) is 12.3. The van der Waals surface area contributed by atoms with Gasteiger partial charge in [-0.1, -0.05) is 83.1 Å². The van der Waals surface area contributed by atoms with Crippen LogP contribution in [0.1, 0.15) is 27.8 Å². The Hall–Kier alpha value is -1.12. The van der Waals surface area contributed by atoms with Crippen molar-refractivity contribution < 1.29 is 22.1 Å². The van der Waals surface area contributed by atoms with Crippen LogP contribution in [0.3, 0.4) is 0 Å². The second-order valence-corrected chi connectivity index (χ2v) is 8.66. The van der Waals surface area contributed by atoms with Crippen molar-refractivity contribution in [2.75, 3.05) is 0 Å². The van der Waals surface area contributed by atoms with Crippen molar-refractivity contribution in [1.29, 1.82) is 0 Å². The van der Waals surface area contributed by atoms with Gasteiger partial charge in [0, 0.05) is 5.56 Å². The molecule has 3 aromatic rings. The van der Waals surface area contributed by atoms with Gasteiger partial charge in [-0.15, -0.1) is 0 Å². The number of benzene rings is 2. The van der Waals surface area contributed by atoms with Crippen molar-refractivity contribution >= 4 is 18.6 Å². The molecule has 0 heterocycles. The molecule has 0 unspecified atom stereocenters. The van der Waals surface area contributed by atoms with E-state index in [4.69, 9.17) is 18.6 Å². The van der Waals surface area contributed by atoms with Crippen molar-refractivity contribution in [3.8, 4) is 16.9 Å². The van der Waals surface area contributed by atoms with Crippen molar-refractivity contribution in [3.05, 3.63) is 82.4 Å². The zero-order valence-corrected chi connectivity index (χ0v) is 19.0. The van der Waals surface area contributed by atoms with Crippen LogP contribution in [0.15, 0.2) is 54.6 Å². The minimum absolute atomic E-state index is 0.328. The van der Waals surface area contributed by atoms with Gasteiger partial charge in [-0.05, 0) is 11.6 Å². The first-order valence-electron chi connectivity index (χ1n) is 8.34. The molecule has 0 spiro atoms. The molecule has 0 aromatic heterocycles. The third-order valence-corrected chi connectivity index (χ3v) is 4.80. The van der Waals surface area contributed by atoms with E-state index >= 15 is 0 Å². The van der Waals surface area contributed by atoms with Crippen LogP contribution in [0.25, 0.3) is 11.1 Å². The monoisotopic (exact) mass is 423 g/mol. The van der Waals surface area contributed by atoms with Crippen LogP contribution in [0.2, 0.25) is 0 Å². The fraction of sp³-hybridized carbons (Fsp3) is 0.227. The average Bonchev–Trinajstić information content (AvgIpc) is 2.82. The van der Waals surface area contributed by atoms with Crippen LogP contribution in [0.4, 0.5) is 0 Å². The van der Waals surface area contributed by atoms with Crippen LogP contribution >= 0.6 is 18.6 Å². The zero-order valence-electron chi connectivity index (χ0n) is 15.9. The third-order valence-electron chi connectivity index (χ3n) is 4.80. The number of rotatable bonds is 1. The number of phenols is 1. The number of aromatic hydroxyl groups is 1. The van der Waals surface area contributed by atoms with Crippen LogP contribution in [-0.2, 0) is 17.0 Å². The topological polar surface area (TPSA) is 20.2 Å². The van der Waals surface area contributed by atoms with Crippen LogP contribution in [0, 0.1) is 34.6 Å². The molecule has 3 aromatic carbocycles. The fourth-order valence-corrected chi connectivity index (χ4v) is 2.74. The molecule has 0 radical (unpaired) electrons. The molecule has 0 fully saturated rings.